The predicted molar refractivity (Wildman–Crippen MR) is 54.7 cm³/mol. The van der Waals surface area contributed by atoms with E-state index in [-0.39, 0.29) is 17.1 Å². The molecule has 0 radical (unpaired) electrons. The van der Waals surface area contributed by atoms with E-state index in [2.05, 4.69) is 0 Å². The van der Waals surface area contributed by atoms with Crippen molar-refractivity contribution < 1.29 is 19.1 Å². The maximum Gasteiger partial charge on any atom is 0.350 e. The maximum atomic E-state index is 11.9. The van der Waals surface area contributed by atoms with Crippen LogP contribution in [0.25, 0.3) is 0 Å². The Morgan fingerprint density at radius 1 is 1.56 bits per heavy atom. The van der Waals surface area contributed by atoms with E-state index in [1.807, 2.05) is 0 Å². The largest absolute Gasteiger partial charge is 0.507 e. The molecule has 2 heterocycles. The van der Waals surface area contributed by atoms with E-state index in [1.54, 1.807) is 0 Å². The summed E-state index contributed by atoms with van der Waals surface area (Å²) in [5.41, 5.74) is -1.12. The molecule has 1 aromatic heterocycles. The molecule has 1 N–H and O–H groups in total. The van der Waals surface area contributed by atoms with Crippen molar-refractivity contribution in [2.24, 2.45) is 0 Å². The third-order valence-electron chi connectivity index (χ3n) is 2.52. The summed E-state index contributed by atoms with van der Waals surface area (Å²) >= 11 is 0. The van der Waals surface area contributed by atoms with Gasteiger partial charge in [0.15, 0.2) is 0 Å². The van der Waals surface area contributed by atoms with Crippen molar-refractivity contribution in [3.05, 3.63) is 27.8 Å². The number of aryl methyl sites for hydroxylation is 1. The van der Waals surface area contributed by atoms with Crippen molar-refractivity contribution in [2.75, 3.05) is 6.61 Å². The molecule has 16 heavy (non-hydrogen) atoms. The van der Waals surface area contributed by atoms with E-state index in [4.69, 9.17) is 9.15 Å². The van der Waals surface area contributed by atoms with Crippen LogP contribution in [0.3, 0.4) is 0 Å². The Labute approximate surface area is 91.7 Å². The third kappa shape index (κ3) is 1.86. The monoisotopic (exact) mass is 224 g/mol. The van der Waals surface area contributed by atoms with Gasteiger partial charge >= 0.3 is 5.63 Å². The maximum absolute atomic E-state index is 11.9. The van der Waals surface area contributed by atoms with Crippen LogP contribution in [0.4, 0.5) is 0 Å². The van der Waals surface area contributed by atoms with Crippen molar-refractivity contribution in [1.82, 2.24) is 0 Å². The molecular formula is C11H12O5. The molecule has 0 aliphatic carbocycles. The molecule has 86 valence electrons. The van der Waals surface area contributed by atoms with E-state index >= 15 is 0 Å². The van der Waals surface area contributed by atoms with Crippen molar-refractivity contribution in [3.8, 4) is 5.75 Å². The smallest absolute Gasteiger partial charge is 0.350 e. The number of carbonyl (C=O) groups excluding carboxylic acids is 1. The Balaban J connectivity index is 2.40. The molecule has 0 bridgehead atoms. The molecule has 1 aliphatic heterocycles. The van der Waals surface area contributed by atoms with Gasteiger partial charge in [-0.2, -0.15) is 0 Å². The van der Waals surface area contributed by atoms with Gasteiger partial charge in [0.1, 0.15) is 23.2 Å². The molecule has 0 amide bonds. The van der Waals surface area contributed by atoms with Gasteiger partial charge in [0.25, 0.3) is 0 Å². The van der Waals surface area contributed by atoms with Gasteiger partial charge < -0.3 is 14.3 Å². The second-order valence-corrected chi connectivity index (χ2v) is 3.77. The minimum atomic E-state index is -0.807. The van der Waals surface area contributed by atoms with Gasteiger partial charge in [-0.1, -0.05) is 0 Å². The number of aromatic hydroxyl groups is 1. The fraction of sp³-hybridized carbons (Fsp3) is 0.455. The van der Waals surface area contributed by atoms with E-state index in [1.165, 1.54) is 13.0 Å². The second kappa shape index (κ2) is 4.09. The van der Waals surface area contributed by atoms with Crippen LogP contribution >= 0.6 is 0 Å². The molecule has 5 nitrogen and oxygen atoms in total. The molecule has 0 aromatic carbocycles. The molecule has 5 heteroatoms. The number of Topliss-reactive ketones (excluding diaryl/α,β-unsaturated/α-hetero) is 1. The molecule has 1 saturated heterocycles. The predicted octanol–water partition coefficient (Wildman–Crippen LogP) is 1.02. The zero-order valence-corrected chi connectivity index (χ0v) is 8.86. The first-order valence-electron chi connectivity index (χ1n) is 5.09. The minimum absolute atomic E-state index is 0.270. The molecule has 2 rings (SSSR count). The SMILES string of the molecule is Cc1cc(O)c(C(=O)C2CCCO2)c(=O)o1. The Bertz CT molecular complexity index is 468. The number of hydrogen-bond acceptors (Lipinski definition) is 5. The lowest BCUT2D eigenvalue weighted by molar-refractivity contribution is 0.0635. The third-order valence-corrected chi connectivity index (χ3v) is 2.52. The van der Waals surface area contributed by atoms with Crippen LogP contribution in [0, 0.1) is 6.92 Å². The van der Waals surface area contributed by atoms with Crippen molar-refractivity contribution in [2.45, 2.75) is 25.9 Å². The Morgan fingerprint density at radius 3 is 2.88 bits per heavy atom. The minimum Gasteiger partial charge on any atom is -0.507 e. The molecule has 0 saturated carbocycles. The van der Waals surface area contributed by atoms with E-state index < -0.39 is 17.5 Å². The summed E-state index contributed by atoms with van der Waals surface area (Å²) in [6, 6.07) is 1.25. The van der Waals surface area contributed by atoms with Gasteiger partial charge in [-0.05, 0) is 19.8 Å². The van der Waals surface area contributed by atoms with Crippen LogP contribution in [0.15, 0.2) is 15.3 Å². The highest BCUT2D eigenvalue weighted by Crippen LogP contribution is 2.21. The zero-order valence-electron chi connectivity index (χ0n) is 8.86. The van der Waals surface area contributed by atoms with Crippen LogP contribution in [0.1, 0.15) is 29.0 Å². The summed E-state index contributed by atoms with van der Waals surface area (Å²) in [6.45, 7) is 2.04. The second-order valence-electron chi connectivity index (χ2n) is 3.77. The van der Waals surface area contributed by atoms with Gasteiger partial charge in [-0.15, -0.1) is 0 Å². The number of ether oxygens (including phenoxy) is 1. The summed E-state index contributed by atoms with van der Waals surface area (Å²) < 4.78 is 9.95. The van der Waals surface area contributed by atoms with Crippen molar-refractivity contribution >= 4 is 5.78 Å². The highest BCUT2D eigenvalue weighted by atomic mass is 16.5. The average Bonchev–Trinajstić information content (AvgIpc) is 2.67. The van der Waals surface area contributed by atoms with Crippen LogP contribution in [0.2, 0.25) is 0 Å². The van der Waals surface area contributed by atoms with Crippen LogP contribution in [-0.2, 0) is 4.74 Å². The topological polar surface area (TPSA) is 76.7 Å². The number of carbonyl (C=O) groups is 1. The summed E-state index contributed by atoms with van der Waals surface area (Å²) in [6.07, 6.45) is 0.733. The van der Waals surface area contributed by atoms with Gasteiger partial charge in [0.2, 0.25) is 5.78 Å². The van der Waals surface area contributed by atoms with Crippen LogP contribution in [-0.4, -0.2) is 23.6 Å². The Morgan fingerprint density at radius 2 is 2.31 bits per heavy atom. The number of rotatable bonds is 2. The first-order valence-corrected chi connectivity index (χ1v) is 5.09. The van der Waals surface area contributed by atoms with Crippen LogP contribution in [0.5, 0.6) is 5.75 Å². The number of hydrogen-bond donors (Lipinski definition) is 1. The summed E-state index contributed by atoms with van der Waals surface area (Å²) in [7, 11) is 0. The fourth-order valence-corrected chi connectivity index (χ4v) is 1.77. The molecule has 1 fully saturated rings. The summed E-state index contributed by atoms with van der Waals surface area (Å²) in [4.78, 5) is 23.3. The fourth-order valence-electron chi connectivity index (χ4n) is 1.77. The molecule has 0 spiro atoms. The quantitative estimate of drug-likeness (QED) is 0.759. The zero-order chi connectivity index (χ0) is 11.7. The lowest BCUT2D eigenvalue weighted by Gasteiger charge is -2.08. The number of ketones is 1. The lowest BCUT2D eigenvalue weighted by atomic mass is 10.1. The first kappa shape index (κ1) is 10.9. The van der Waals surface area contributed by atoms with Crippen LogP contribution < -0.4 is 5.63 Å². The van der Waals surface area contributed by atoms with E-state index in [0.717, 1.165) is 6.42 Å². The Kier molecular flexibility index (Phi) is 2.78. The standard InChI is InChI=1S/C11H12O5/c1-6-5-7(12)9(11(14)16-6)10(13)8-3-2-4-15-8/h5,8,12H,2-4H2,1H3. The molecule has 1 aliphatic rings. The van der Waals surface area contributed by atoms with Gasteiger partial charge in [-0.3, -0.25) is 4.79 Å². The van der Waals surface area contributed by atoms with E-state index in [0.29, 0.717) is 13.0 Å². The van der Waals surface area contributed by atoms with Crippen molar-refractivity contribution in [3.63, 3.8) is 0 Å². The molecule has 1 unspecified atom stereocenters. The van der Waals surface area contributed by atoms with Crippen molar-refractivity contribution in [1.29, 1.82) is 0 Å². The highest BCUT2D eigenvalue weighted by Gasteiger charge is 2.29. The van der Waals surface area contributed by atoms with E-state index in [9.17, 15) is 14.7 Å². The first-order chi connectivity index (χ1) is 7.59. The van der Waals surface area contributed by atoms with Gasteiger partial charge in [0, 0.05) is 12.7 Å². The molecule has 1 aromatic rings. The summed E-state index contributed by atoms with van der Waals surface area (Å²) in [5, 5.41) is 9.57. The van der Waals surface area contributed by atoms with Gasteiger partial charge in [0.05, 0.1) is 0 Å². The Hall–Kier alpha value is -1.62. The molecular weight excluding hydrogens is 212 g/mol. The lowest BCUT2D eigenvalue weighted by Crippen LogP contribution is -2.25. The normalized spacial score (nSPS) is 19.9. The molecule has 1 atom stereocenters. The average molecular weight is 224 g/mol. The van der Waals surface area contributed by atoms with Gasteiger partial charge in [-0.25, -0.2) is 4.79 Å². The highest BCUT2D eigenvalue weighted by molar-refractivity contribution is 6.01. The summed E-state index contributed by atoms with van der Waals surface area (Å²) in [5.74, 6) is -0.565.